The van der Waals surface area contributed by atoms with Gasteiger partial charge in [-0.3, -0.25) is 14.7 Å². The molecule has 2 aliphatic rings. The highest BCUT2D eigenvalue weighted by Gasteiger charge is 2.36. The molecule has 1 saturated carbocycles. The summed E-state index contributed by atoms with van der Waals surface area (Å²) in [6.45, 7) is 2.65. The average Bonchev–Trinajstić information content (AvgIpc) is 2.48. The lowest BCUT2D eigenvalue weighted by Gasteiger charge is -2.45. The topological polar surface area (TPSA) is 45.2 Å². The molecule has 1 aromatic heterocycles. The molecule has 1 amide bonds. The molecule has 1 saturated heterocycles. The lowest BCUT2D eigenvalue weighted by Crippen LogP contribution is -2.57. The van der Waals surface area contributed by atoms with E-state index in [2.05, 4.69) is 15.2 Å². The Morgan fingerprint density at radius 2 is 1.90 bits per heavy atom. The predicted octanol–water partition coefficient (Wildman–Crippen LogP) is 2.00. The third kappa shape index (κ3) is 3.82. The van der Waals surface area contributed by atoms with Gasteiger partial charge in [0.1, 0.15) is 0 Å². The molecule has 1 aliphatic carbocycles. The van der Waals surface area contributed by atoms with E-state index in [9.17, 15) is 4.79 Å². The standard InChI is InChI=1S/C17H25N3O/c21-17(19-11-8-14-6-9-18-10-7-14)15-12-20(13-15)16-4-2-1-3-5-16/h6-7,9-10,15-16H,1-5,8,11-13H2,(H,19,21). The summed E-state index contributed by atoms with van der Waals surface area (Å²) < 4.78 is 0. The summed E-state index contributed by atoms with van der Waals surface area (Å²) in [4.78, 5) is 18.6. The fraction of sp³-hybridized carbons (Fsp3) is 0.647. The van der Waals surface area contributed by atoms with Gasteiger partial charge >= 0.3 is 0 Å². The SMILES string of the molecule is O=C(NCCc1ccncc1)C1CN(C2CCCCC2)C1. The number of nitrogens with one attached hydrogen (secondary N) is 1. The van der Waals surface area contributed by atoms with E-state index in [4.69, 9.17) is 0 Å². The van der Waals surface area contributed by atoms with Crippen LogP contribution in [0.5, 0.6) is 0 Å². The summed E-state index contributed by atoms with van der Waals surface area (Å²) in [7, 11) is 0. The molecule has 0 aromatic carbocycles. The van der Waals surface area contributed by atoms with Crippen LogP contribution in [0.3, 0.4) is 0 Å². The number of carbonyl (C=O) groups excluding carboxylic acids is 1. The van der Waals surface area contributed by atoms with Crippen LogP contribution < -0.4 is 5.32 Å². The van der Waals surface area contributed by atoms with Crippen molar-refractivity contribution in [1.82, 2.24) is 15.2 Å². The molecule has 21 heavy (non-hydrogen) atoms. The molecule has 0 unspecified atom stereocenters. The van der Waals surface area contributed by atoms with Crippen molar-refractivity contribution in [2.45, 2.75) is 44.6 Å². The minimum atomic E-state index is 0.212. The van der Waals surface area contributed by atoms with Crippen LogP contribution in [0.1, 0.15) is 37.7 Å². The second-order valence-electron chi connectivity index (χ2n) is 6.34. The normalized spacial score (nSPS) is 21.0. The molecule has 1 aromatic rings. The van der Waals surface area contributed by atoms with Crippen LogP contribution in [0.15, 0.2) is 24.5 Å². The maximum Gasteiger partial charge on any atom is 0.225 e. The van der Waals surface area contributed by atoms with Gasteiger partial charge in [-0.2, -0.15) is 0 Å². The monoisotopic (exact) mass is 287 g/mol. The Morgan fingerprint density at radius 1 is 1.19 bits per heavy atom. The largest absolute Gasteiger partial charge is 0.355 e. The summed E-state index contributed by atoms with van der Waals surface area (Å²) in [6.07, 6.45) is 11.3. The molecule has 0 bridgehead atoms. The third-order valence-corrected chi connectivity index (χ3v) is 4.83. The third-order valence-electron chi connectivity index (χ3n) is 4.83. The number of likely N-dealkylation sites (tertiary alicyclic amines) is 1. The van der Waals surface area contributed by atoms with E-state index < -0.39 is 0 Å². The second-order valence-corrected chi connectivity index (χ2v) is 6.34. The Morgan fingerprint density at radius 3 is 2.62 bits per heavy atom. The van der Waals surface area contributed by atoms with Crippen LogP contribution >= 0.6 is 0 Å². The molecule has 1 aliphatic heterocycles. The fourth-order valence-electron chi connectivity index (χ4n) is 3.45. The van der Waals surface area contributed by atoms with Gasteiger partial charge in [0.15, 0.2) is 0 Å². The molecule has 2 heterocycles. The molecule has 0 atom stereocenters. The molecule has 2 fully saturated rings. The minimum Gasteiger partial charge on any atom is -0.355 e. The molecular weight excluding hydrogens is 262 g/mol. The van der Waals surface area contributed by atoms with Crippen molar-refractivity contribution in [3.8, 4) is 0 Å². The van der Waals surface area contributed by atoms with E-state index in [1.807, 2.05) is 12.1 Å². The Hall–Kier alpha value is -1.42. The first kappa shape index (κ1) is 14.5. The molecule has 4 heteroatoms. The Kier molecular flexibility index (Phi) is 4.86. The number of carbonyl (C=O) groups is 1. The zero-order chi connectivity index (χ0) is 14.5. The van der Waals surface area contributed by atoms with Crippen molar-refractivity contribution >= 4 is 5.91 Å². The van der Waals surface area contributed by atoms with Crippen molar-refractivity contribution in [1.29, 1.82) is 0 Å². The van der Waals surface area contributed by atoms with E-state index in [1.165, 1.54) is 37.7 Å². The Bertz CT molecular complexity index is 450. The van der Waals surface area contributed by atoms with Gasteiger partial charge in [0.25, 0.3) is 0 Å². The zero-order valence-electron chi connectivity index (χ0n) is 12.6. The molecule has 114 valence electrons. The summed E-state index contributed by atoms with van der Waals surface area (Å²) in [5, 5.41) is 3.07. The summed E-state index contributed by atoms with van der Waals surface area (Å²) in [5.74, 6) is 0.445. The number of hydrogen-bond acceptors (Lipinski definition) is 3. The Balaban J connectivity index is 1.34. The van der Waals surface area contributed by atoms with Gasteiger partial charge in [0.2, 0.25) is 5.91 Å². The summed E-state index contributed by atoms with van der Waals surface area (Å²) in [5.41, 5.74) is 1.22. The fourth-order valence-corrected chi connectivity index (χ4v) is 3.45. The Labute approximate surface area is 126 Å². The number of pyridine rings is 1. The molecule has 3 rings (SSSR count). The number of rotatable bonds is 5. The average molecular weight is 287 g/mol. The van der Waals surface area contributed by atoms with E-state index >= 15 is 0 Å². The van der Waals surface area contributed by atoms with Crippen molar-refractivity contribution in [2.75, 3.05) is 19.6 Å². The van der Waals surface area contributed by atoms with Crippen LogP contribution in [0.2, 0.25) is 0 Å². The maximum atomic E-state index is 12.1. The lowest BCUT2D eigenvalue weighted by molar-refractivity contribution is -0.131. The zero-order valence-corrected chi connectivity index (χ0v) is 12.6. The van der Waals surface area contributed by atoms with Crippen LogP contribution in [-0.2, 0) is 11.2 Å². The number of hydrogen-bond donors (Lipinski definition) is 1. The minimum absolute atomic E-state index is 0.212. The van der Waals surface area contributed by atoms with Gasteiger partial charge in [0, 0.05) is 38.1 Å². The van der Waals surface area contributed by atoms with Crippen molar-refractivity contribution in [3.63, 3.8) is 0 Å². The quantitative estimate of drug-likeness (QED) is 0.901. The van der Waals surface area contributed by atoms with Gasteiger partial charge in [-0.15, -0.1) is 0 Å². The highest BCUT2D eigenvalue weighted by Crippen LogP contribution is 2.28. The van der Waals surface area contributed by atoms with Crippen LogP contribution in [0.25, 0.3) is 0 Å². The van der Waals surface area contributed by atoms with Crippen molar-refractivity contribution in [3.05, 3.63) is 30.1 Å². The van der Waals surface area contributed by atoms with E-state index in [0.29, 0.717) is 0 Å². The first-order valence-corrected chi connectivity index (χ1v) is 8.23. The summed E-state index contributed by atoms with van der Waals surface area (Å²) in [6, 6.07) is 4.75. The van der Waals surface area contributed by atoms with Crippen molar-refractivity contribution < 1.29 is 4.79 Å². The van der Waals surface area contributed by atoms with E-state index in [0.717, 1.165) is 32.1 Å². The van der Waals surface area contributed by atoms with Crippen LogP contribution in [0.4, 0.5) is 0 Å². The van der Waals surface area contributed by atoms with E-state index in [-0.39, 0.29) is 11.8 Å². The summed E-state index contributed by atoms with van der Waals surface area (Å²) >= 11 is 0. The highest BCUT2D eigenvalue weighted by molar-refractivity contribution is 5.80. The maximum absolute atomic E-state index is 12.1. The smallest absolute Gasteiger partial charge is 0.225 e. The van der Waals surface area contributed by atoms with Gasteiger partial charge < -0.3 is 5.32 Å². The number of nitrogens with zero attached hydrogens (tertiary/aromatic N) is 2. The lowest BCUT2D eigenvalue weighted by atomic mass is 9.88. The molecule has 0 radical (unpaired) electrons. The van der Waals surface area contributed by atoms with E-state index in [1.54, 1.807) is 12.4 Å². The first-order chi connectivity index (χ1) is 10.3. The predicted molar refractivity (Wildman–Crippen MR) is 82.9 cm³/mol. The van der Waals surface area contributed by atoms with Gasteiger partial charge in [-0.25, -0.2) is 0 Å². The van der Waals surface area contributed by atoms with Crippen LogP contribution in [-0.4, -0.2) is 41.5 Å². The van der Waals surface area contributed by atoms with Gasteiger partial charge in [-0.1, -0.05) is 19.3 Å². The number of aromatic nitrogens is 1. The highest BCUT2D eigenvalue weighted by atomic mass is 16.2. The first-order valence-electron chi connectivity index (χ1n) is 8.23. The molecule has 0 spiro atoms. The molecular formula is C17H25N3O. The van der Waals surface area contributed by atoms with Crippen LogP contribution in [0, 0.1) is 5.92 Å². The number of amides is 1. The van der Waals surface area contributed by atoms with Crippen molar-refractivity contribution in [2.24, 2.45) is 5.92 Å². The molecule has 1 N–H and O–H groups in total. The molecule has 4 nitrogen and oxygen atoms in total. The van der Waals surface area contributed by atoms with Gasteiger partial charge in [0.05, 0.1) is 5.92 Å². The second kappa shape index (κ2) is 7.03. The van der Waals surface area contributed by atoms with Gasteiger partial charge in [-0.05, 0) is 37.0 Å².